The standard InChI is InChI=1S/C17H16N4O2S/c1-11(12-5-7-18-8-6-12)20-21-17-19-15(10-24-17)14-9-13(23-2)3-4-16(14)22/h3-10,22H,1-2H3,(H,19,21)/b20-11-. The molecule has 24 heavy (non-hydrogen) atoms. The number of hydrazone groups is 1. The van der Waals surface area contributed by atoms with Crippen molar-refractivity contribution in [3.05, 3.63) is 53.7 Å². The maximum Gasteiger partial charge on any atom is 0.203 e. The Morgan fingerprint density at radius 3 is 2.79 bits per heavy atom. The molecular formula is C17H16N4O2S. The molecular weight excluding hydrogens is 324 g/mol. The number of pyridine rings is 1. The molecule has 2 heterocycles. The monoisotopic (exact) mass is 340 g/mol. The number of ether oxygens (including phenoxy) is 1. The zero-order valence-corrected chi connectivity index (χ0v) is 14.0. The van der Waals surface area contributed by atoms with Crippen LogP contribution < -0.4 is 10.2 Å². The number of rotatable bonds is 5. The lowest BCUT2D eigenvalue weighted by atomic mass is 10.1. The number of nitrogens with zero attached hydrogens (tertiary/aromatic N) is 3. The van der Waals surface area contributed by atoms with Crippen LogP contribution >= 0.6 is 11.3 Å². The van der Waals surface area contributed by atoms with Gasteiger partial charge in [0.25, 0.3) is 0 Å². The SMILES string of the molecule is COc1ccc(O)c(-c2csc(N/N=C(/C)c3ccncc3)n2)c1. The number of hydrogen-bond donors (Lipinski definition) is 2. The van der Waals surface area contributed by atoms with Crippen LogP contribution in [-0.4, -0.2) is 27.9 Å². The predicted molar refractivity (Wildman–Crippen MR) is 95.8 cm³/mol. The highest BCUT2D eigenvalue weighted by atomic mass is 32.1. The Morgan fingerprint density at radius 1 is 1.25 bits per heavy atom. The van der Waals surface area contributed by atoms with E-state index in [1.165, 1.54) is 11.3 Å². The fourth-order valence-electron chi connectivity index (χ4n) is 2.09. The average Bonchev–Trinajstić information content (AvgIpc) is 3.09. The van der Waals surface area contributed by atoms with Crippen molar-refractivity contribution in [1.29, 1.82) is 0 Å². The van der Waals surface area contributed by atoms with E-state index in [2.05, 4.69) is 20.5 Å². The van der Waals surface area contributed by atoms with Gasteiger partial charge in [-0.15, -0.1) is 11.3 Å². The number of phenols is 1. The Bertz CT molecular complexity index is 862. The zero-order chi connectivity index (χ0) is 16.9. The number of methoxy groups -OCH3 is 1. The van der Waals surface area contributed by atoms with E-state index in [-0.39, 0.29) is 5.75 Å². The molecule has 0 aliphatic heterocycles. The first-order valence-corrected chi connectivity index (χ1v) is 8.09. The molecule has 0 aliphatic carbocycles. The van der Waals surface area contributed by atoms with Gasteiger partial charge in [-0.3, -0.25) is 10.4 Å². The van der Waals surface area contributed by atoms with Gasteiger partial charge in [0.15, 0.2) is 0 Å². The minimum Gasteiger partial charge on any atom is -0.507 e. The number of hydrogen-bond acceptors (Lipinski definition) is 7. The van der Waals surface area contributed by atoms with Crippen LogP contribution in [0.1, 0.15) is 12.5 Å². The van der Waals surface area contributed by atoms with Gasteiger partial charge in [-0.2, -0.15) is 5.10 Å². The van der Waals surface area contributed by atoms with Crippen LogP contribution in [0, 0.1) is 0 Å². The highest BCUT2D eigenvalue weighted by molar-refractivity contribution is 7.14. The highest BCUT2D eigenvalue weighted by Crippen LogP contribution is 2.34. The number of anilines is 1. The first-order chi connectivity index (χ1) is 11.7. The summed E-state index contributed by atoms with van der Waals surface area (Å²) in [6, 6.07) is 8.82. The third kappa shape index (κ3) is 3.52. The molecule has 2 aromatic heterocycles. The van der Waals surface area contributed by atoms with Crippen LogP contribution in [0.5, 0.6) is 11.5 Å². The molecule has 1 aromatic carbocycles. The van der Waals surface area contributed by atoms with Gasteiger partial charge in [0.05, 0.1) is 18.5 Å². The van der Waals surface area contributed by atoms with Crippen LogP contribution in [0.2, 0.25) is 0 Å². The molecule has 0 unspecified atom stereocenters. The maximum absolute atomic E-state index is 10.0. The minimum absolute atomic E-state index is 0.157. The molecule has 6 nitrogen and oxygen atoms in total. The summed E-state index contributed by atoms with van der Waals surface area (Å²) in [5.74, 6) is 0.820. The van der Waals surface area contributed by atoms with Crippen LogP contribution in [-0.2, 0) is 0 Å². The summed E-state index contributed by atoms with van der Waals surface area (Å²) in [5, 5.41) is 16.8. The molecule has 3 aromatic rings. The highest BCUT2D eigenvalue weighted by Gasteiger charge is 2.10. The summed E-state index contributed by atoms with van der Waals surface area (Å²) < 4.78 is 5.19. The van der Waals surface area contributed by atoms with Crippen LogP contribution in [0.15, 0.2) is 53.2 Å². The Balaban J connectivity index is 1.79. The van der Waals surface area contributed by atoms with Gasteiger partial charge in [-0.05, 0) is 37.3 Å². The third-order valence-corrected chi connectivity index (χ3v) is 4.15. The molecule has 0 radical (unpaired) electrons. The first kappa shape index (κ1) is 15.9. The van der Waals surface area contributed by atoms with E-state index in [0.29, 0.717) is 22.1 Å². The normalized spacial score (nSPS) is 11.3. The summed E-state index contributed by atoms with van der Waals surface area (Å²) in [6.07, 6.45) is 3.45. The largest absolute Gasteiger partial charge is 0.507 e. The van der Waals surface area contributed by atoms with E-state index in [1.807, 2.05) is 24.4 Å². The predicted octanol–water partition coefficient (Wildman–Crippen LogP) is 3.76. The van der Waals surface area contributed by atoms with Crippen molar-refractivity contribution in [3.63, 3.8) is 0 Å². The number of aromatic hydroxyl groups is 1. The van der Waals surface area contributed by atoms with E-state index >= 15 is 0 Å². The molecule has 122 valence electrons. The smallest absolute Gasteiger partial charge is 0.203 e. The van der Waals surface area contributed by atoms with E-state index in [0.717, 1.165) is 11.3 Å². The maximum atomic E-state index is 10.0. The molecule has 3 rings (SSSR count). The minimum atomic E-state index is 0.157. The van der Waals surface area contributed by atoms with E-state index in [9.17, 15) is 5.11 Å². The topological polar surface area (TPSA) is 79.6 Å². The lowest BCUT2D eigenvalue weighted by molar-refractivity contribution is 0.412. The summed E-state index contributed by atoms with van der Waals surface area (Å²) in [6.45, 7) is 1.91. The van der Waals surface area contributed by atoms with Gasteiger partial charge in [0, 0.05) is 28.9 Å². The molecule has 0 spiro atoms. The van der Waals surface area contributed by atoms with Crippen LogP contribution in [0.25, 0.3) is 11.3 Å². The lowest BCUT2D eigenvalue weighted by Gasteiger charge is -2.04. The molecule has 0 amide bonds. The molecule has 0 atom stereocenters. The van der Waals surface area contributed by atoms with Crippen molar-refractivity contribution in [2.24, 2.45) is 5.10 Å². The number of thiazole rings is 1. The van der Waals surface area contributed by atoms with Gasteiger partial charge in [-0.25, -0.2) is 4.98 Å². The van der Waals surface area contributed by atoms with E-state index < -0.39 is 0 Å². The third-order valence-electron chi connectivity index (χ3n) is 3.40. The first-order valence-electron chi connectivity index (χ1n) is 7.21. The second kappa shape index (κ2) is 7.10. The van der Waals surface area contributed by atoms with Crippen molar-refractivity contribution in [1.82, 2.24) is 9.97 Å². The second-order valence-electron chi connectivity index (χ2n) is 4.97. The van der Waals surface area contributed by atoms with Gasteiger partial charge in [0.2, 0.25) is 5.13 Å². The lowest BCUT2D eigenvalue weighted by Crippen LogP contribution is -1.99. The van der Waals surface area contributed by atoms with Gasteiger partial charge >= 0.3 is 0 Å². The molecule has 7 heteroatoms. The number of benzene rings is 1. The number of phenolic OH excluding ortho intramolecular Hbond substituents is 1. The van der Waals surface area contributed by atoms with Crippen molar-refractivity contribution < 1.29 is 9.84 Å². The van der Waals surface area contributed by atoms with Gasteiger partial charge in [-0.1, -0.05) is 0 Å². The van der Waals surface area contributed by atoms with E-state index in [4.69, 9.17) is 4.74 Å². The van der Waals surface area contributed by atoms with Crippen molar-refractivity contribution in [3.8, 4) is 22.8 Å². The fraction of sp³-hybridized carbons (Fsp3) is 0.118. The molecule has 0 saturated heterocycles. The molecule has 0 saturated carbocycles. The van der Waals surface area contributed by atoms with Gasteiger partial charge < -0.3 is 9.84 Å². The summed E-state index contributed by atoms with van der Waals surface area (Å²) in [5.41, 5.74) is 6.04. The molecule has 2 N–H and O–H groups in total. The van der Waals surface area contributed by atoms with Crippen molar-refractivity contribution in [2.45, 2.75) is 6.92 Å². The zero-order valence-electron chi connectivity index (χ0n) is 13.2. The quantitative estimate of drug-likeness (QED) is 0.546. The van der Waals surface area contributed by atoms with Crippen LogP contribution in [0.4, 0.5) is 5.13 Å². The molecule has 0 fully saturated rings. The molecule has 0 bridgehead atoms. The van der Waals surface area contributed by atoms with E-state index in [1.54, 1.807) is 37.7 Å². The van der Waals surface area contributed by atoms with Crippen LogP contribution in [0.3, 0.4) is 0 Å². The summed E-state index contributed by atoms with van der Waals surface area (Å²) in [7, 11) is 1.58. The summed E-state index contributed by atoms with van der Waals surface area (Å²) >= 11 is 1.41. The average molecular weight is 340 g/mol. The fourth-order valence-corrected chi connectivity index (χ4v) is 2.74. The van der Waals surface area contributed by atoms with Crippen molar-refractivity contribution >= 4 is 22.2 Å². The van der Waals surface area contributed by atoms with Gasteiger partial charge in [0.1, 0.15) is 11.5 Å². The number of nitrogens with one attached hydrogen (secondary N) is 1. The molecule has 0 aliphatic rings. The Labute approximate surface area is 143 Å². The summed E-state index contributed by atoms with van der Waals surface area (Å²) in [4.78, 5) is 8.44. The Kier molecular flexibility index (Phi) is 4.72. The van der Waals surface area contributed by atoms with Crippen molar-refractivity contribution in [2.75, 3.05) is 12.5 Å². The number of aromatic nitrogens is 2. The second-order valence-corrected chi connectivity index (χ2v) is 5.82. The Morgan fingerprint density at radius 2 is 2.04 bits per heavy atom. The Hall–Kier alpha value is -2.93.